The van der Waals surface area contributed by atoms with Crippen LogP contribution in [0.1, 0.15) is 16.8 Å². The fourth-order valence-electron chi connectivity index (χ4n) is 1.55. The number of aromatic nitrogens is 1. The summed E-state index contributed by atoms with van der Waals surface area (Å²) in [7, 11) is 0. The number of ether oxygens (including phenoxy) is 1. The standard InChI is InChI=1S/C10H7F5N2O2/c11-4-1-5(7(16)18)8(17-3-4)19-6-2-9(12,13)10(6,14)15/h1,3,6H,2H2,(H2,16,18). The molecule has 2 rings (SSSR count). The fraction of sp³-hybridized carbons (Fsp3) is 0.400. The van der Waals surface area contributed by atoms with Gasteiger partial charge in [0.25, 0.3) is 5.91 Å². The molecule has 1 aromatic rings. The van der Waals surface area contributed by atoms with Gasteiger partial charge in [-0.3, -0.25) is 4.79 Å². The van der Waals surface area contributed by atoms with Gasteiger partial charge in [0, 0.05) is 0 Å². The van der Waals surface area contributed by atoms with Gasteiger partial charge in [-0.2, -0.15) is 17.6 Å². The highest BCUT2D eigenvalue weighted by atomic mass is 19.3. The van der Waals surface area contributed by atoms with Crippen LogP contribution in [0.4, 0.5) is 22.0 Å². The zero-order chi connectivity index (χ0) is 14.4. The van der Waals surface area contributed by atoms with Crippen molar-refractivity contribution in [3.63, 3.8) is 0 Å². The van der Waals surface area contributed by atoms with Crippen molar-refractivity contribution in [2.45, 2.75) is 24.4 Å². The summed E-state index contributed by atoms with van der Waals surface area (Å²) in [4.78, 5) is 14.2. The highest BCUT2D eigenvalue weighted by Gasteiger charge is 2.73. The molecule has 0 saturated heterocycles. The molecule has 1 fully saturated rings. The lowest BCUT2D eigenvalue weighted by Crippen LogP contribution is -2.64. The summed E-state index contributed by atoms with van der Waals surface area (Å²) >= 11 is 0. The molecule has 104 valence electrons. The van der Waals surface area contributed by atoms with Crippen molar-refractivity contribution in [2.24, 2.45) is 5.73 Å². The molecule has 4 nitrogen and oxygen atoms in total. The van der Waals surface area contributed by atoms with Crippen molar-refractivity contribution in [1.82, 2.24) is 4.98 Å². The van der Waals surface area contributed by atoms with Crippen LogP contribution in [0.2, 0.25) is 0 Å². The maximum atomic E-state index is 13.0. The van der Waals surface area contributed by atoms with Gasteiger partial charge in [0.1, 0.15) is 11.4 Å². The Morgan fingerprint density at radius 2 is 2.05 bits per heavy atom. The zero-order valence-electron chi connectivity index (χ0n) is 9.17. The Morgan fingerprint density at radius 1 is 1.42 bits per heavy atom. The van der Waals surface area contributed by atoms with Gasteiger partial charge in [0.05, 0.1) is 12.6 Å². The van der Waals surface area contributed by atoms with Crippen LogP contribution in [-0.4, -0.2) is 28.8 Å². The quantitative estimate of drug-likeness (QED) is 0.859. The number of halogens is 5. The number of alkyl halides is 4. The number of nitrogens with two attached hydrogens (primary N) is 1. The third-order valence-corrected chi connectivity index (χ3v) is 2.67. The number of rotatable bonds is 3. The van der Waals surface area contributed by atoms with Crippen LogP contribution in [0.5, 0.6) is 5.88 Å². The highest BCUT2D eigenvalue weighted by Crippen LogP contribution is 2.52. The van der Waals surface area contributed by atoms with E-state index in [0.29, 0.717) is 12.3 Å². The molecule has 0 aromatic carbocycles. The van der Waals surface area contributed by atoms with Crippen LogP contribution < -0.4 is 10.5 Å². The first kappa shape index (κ1) is 13.5. The minimum Gasteiger partial charge on any atom is -0.467 e. The van der Waals surface area contributed by atoms with Crippen LogP contribution in [-0.2, 0) is 0 Å². The van der Waals surface area contributed by atoms with Crippen LogP contribution in [0, 0.1) is 5.82 Å². The van der Waals surface area contributed by atoms with E-state index in [1.54, 1.807) is 0 Å². The molecule has 0 aliphatic heterocycles. The molecular weight excluding hydrogens is 275 g/mol. The Balaban J connectivity index is 2.24. The van der Waals surface area contributed by atoms with Gasteiger partial charge in [-0.1, -0.05) is 0 Å². The van der Waals surface area contributed by atoms with Crippen molar-refractivity contribution >= 4 is 5.91 Å². The maximum absolute atomic E-state index is 13.0. The summed E-state index contributed by atoms with van der Waals surface area (Å²) in [5.41, 5.74) is 4.29. The molecule has 1 heterocycles. The highest BCUT2D eigenvalue weighted by molar-refractivity contribution is 5.95. The third-order valence-electron chi connectivity index (χ3n) is 2.67. The molecule has 1 unspecified atom stereocenters. The van der Waals surface area contributed by atoms with Crippen LogP contribution in [0.15, 0.2) is 12.3 Å². The minimum atomic E-state index is -4.38. The maximum Gasteiger partial charge on any atom is 0.346 e. The van der Waals surface area contributed by atoms with Crippen LogP contribution >= 0.6 is 0 Å². The van der Waals surface area contributed by atoms with E-state index in [2.05, 4.69) is 9.72 Å². The van der Waals surface area contributed by atoms with Crippen molar-refractivity contribution in [1.29, 1.82) is 0 Å². The molecule has 0 bridgehead atoms. The van der Waals surface area contributed by atoms with Crippen LogP contribution in [0.3, 0.4) is 0 Å². The molecule has 2 N–H and O–H groups in total. The second kappa shape index (κ2) is 4.04. The Hall–Kier alpha value is -1.93. The predicted molar refractivity (Wildman–Crippen MR) is 51.6 cm³/mol. The molecule has 1 aromatic heterocycles. The lowest BCUT2D eigenvalue weighted by Gasteiger charge is -2.42. The summed E-state index contributed by atoms with van der Waals surface area (Å²) in [5, 5.41) is 0. The average molecular weight is 282 g/mol. The lowest BCUT2D eigenvalue weighted by atomic mass is 9.85. The second-order valence-electron chi connectivity index (χ2n) is 4.01. The molecule has 1 aliphatic rings. The van der Waals surface area contributed by atoms with Gasteiger partial charge < -0.3 is 10.5 Å². The van der Waals surface area contributed by atoms with Gasteiger partial charge in [0.2, 0.25) is 5.88 Å². The summed E-state index contributed by atoms with van der Waals surface area (Å²) in [6.07, 6.45) is -2.77. The SMILES string of the molecule is NC(=O)c1cc(F)cnc1OC1CC(F)(F)C1(F)F. The minimum absolute atomic E-state index is 0.592. The van der Waals surface area contributed by atoms with Gasteiger partial charge >= 0.3 is 11.8 Å². The Labute approximate surface area is 103 Å². The molecular formula is C10H7F5N2O2. The smallest absolute Gasteiger partial charge is 0.346 e. The Kier molecular flexibility index (Phi) is 2.87. The Bertz CT molecular complexity index is 535. The topological polar surface area (TPSA) is 65.2 Å². The number of primary amides is 1. The predicted octanol–water partition coefficient (Wildman–Crippen LogP) is 1.74. The van der Waals surface area contributed by atoms with Crippen molar-refractivity contribution < 1.29 is 31.5 Å². The third kappa shape index (κ3) is 2.08. The molecule has 19 heavy (non-hydrogen) atoms. The number of hydrogen-bond donors (Lipinski definition) is 1. The van der Waals surface area contributed by atoms with E-state index in [4.69, 9.17) is 5.73 Å². The van der Waals surface area contributed by atoms with Gasteiger partial charge in [-0.25, -0.2) is 9.37 Å². The molecule has 1 saturated carbocycles. The molecule has 0 radical (unpaired) electrons. The van der Waals surface area contributed by atoms with E-state index in [9.17, 15) is 26.7 Å². The van der Waals surface area contributed by atoms with Gasteiger partial charge in [0.15, 0.2) is 6.10 Å². The number of pyridine rings is 1. The van der Waals surface area contributed by atoms with Crippen molar-refractivity contribution in [2.75, 3.05) is 0 Å². The molecule has 0 spiro atoms. The zero-order valence-corrected chi connectivity index (χ0v) is 9.17. The van der Waals surface area contributed by atoms with Crippen molar-refractivity contribution in [3.05, 3.63) is 23.6 Å². The van der Waals surface area contributed by atoms with Gasteiger partial charge in [-0.15, -0.1) is 0 Å². The normalized spacial score (nSPS) is 23.5. The largest absolute Gasteiger partial charge is 0.467 e. The van der Waals surface area contributed by atoms with E-state index in [0.717, 1.165) is 0 Å². The van der Waals surface area contributed by atoms with Gasteiger partial charge in [-0.05, 0) is 6.07 Å². The first-order valence-electron chi connectivity index (χ1n) is 5.03. The number of amides is 1. The van der Waals surface area contributed by atoms with E-state index in [1.807, 2.05) is 0 Å². The number of carbonyl (C=O) groups is 1. The molecule has 1 atom stereocenters. The monoisotopic (exact) mass is 282 g/mol. The Morgan fingerprint density at radius 3 is 2.53 bits per heavy atom. The van der Waals surface area contributed by atoms with Crippen molar-refractivity contribution in [3.8, 4) is 5.88 Å². The molecule has 1 aliphatic carbocycles. The van der Waals surface area contributed by atoms with E-state index in [-0.39, 0.29) is 0 Å². The summed E-state index contributed by atoms with van der Waals surface area (Å²) in [6.45, 7) is 0. The second-order valence-corrected chi connectivity index (χ2v) is 4.01. The average Bonchev–Trinajstić information content (AvgIpc) is 2.30. The summed E-state index contributed by atoms with van der Waals surface area (Å²) in [6, 6.07) is 0.625. The summed E-state index contributed by atoms with van der Waals surface area (Å²) in [5.74, 6) is -11.4. The molecule has 9 heteroatoms. The molecule has 1 amide bonds. The first-order chi connectivity index (χ1) is 8.65. The number of carbonyl (C=O) groups excluding carboxylic acids is 1. The van der Waals surface area contributed by atoms with E-state index in [1.165, 1.54) is 0 Å². The summed E-state index contributed by atoms with van der Waals surface area (Å²) < 4.78 is 68.5. The number of nitrogens with zero attached hydrogens (tertiary/aromatic N) is 1. The van der Waals surface area contributed by atoms with E-state index < -0.39 is 47.5 Å². The van der Waals surface area contributed by atoms with Crippen LogP contribution in [0.25, 0.3) is 0 Å². The fourth-order valence-corrected chi connectivity index (χ4v) is 1.55. The first-order valence-corrected chi connectivity index (χ1v) is 5.03. The lowest BCUT2D eigenvalue weighted by molar-refractivity contribution is -0.324. The van der Waals surface area contributed by atoms with E-state index >= 15 is 0 Å². The number of hydrogen-bond acceptors (Lipinski definition) is 3.